The van der Waals surface area contributed by atoms with E-state index >= 15 is 0 Å². The number of carbonyl (C=O) groups excluding carboxylic acids is 1. The van der Waals surface area contributed by atoms with Crippen molar-refractivity contribution in [3.63, 3.8) is 0 Å². The Labute approximate surface area is 108 Å². The van der Waals surface area contributed by atoms with Crippen LogP contribution in [-0.4, -0.2) is 29.3 Å². The molecule has 1 aliphatic heterocycles. The summed E-state index contributed by atoms with van der Waals surface area (Å²) in [5, 5.41) is 0.235. The van der Waals surface area contributed by atoms with Crippen molar-refractivity contribution in [3.8, 4) is 0 Å². The Morgan fingerprint density at radius 3 is 2.24 bits per heavy atom. The molecule has 17 heavy (non-hydrogen) atoms. The highest BCUT2D eigenvalue weighted by Crippen LogP contribution is 2.18. The number of benzene rings is 1. The summed E-state index contributed by atoms with van der Waals surface area (Å²) < 4.78 is 0. The number of halogens is 1. The van der Waals surface area contributed by atoms with Gasteiger partial charge in [-0.3, -0.25) is 4.79 Å². The quantitative estimate of drug-likeness (QED) is 0.703. The zero-order valence-electron chi connectivity index (χ0n) is 10.4. The Balaban J connectivity index is 2.14. The number of alkyl halides is 1. The second-order valence-corrected chi connectivity index (χ2v) is 5.46. The van der Waals surface area contributed by atoms with Crippen LogP contribution in [0.4, 0.5) is 0 Å². The maximum atomic E-state index is 12.3. The molecule has 0 radical (unpaired) electrons. The number of nitrogens with zero attached hydrogens (tertiary/aromatic N) is 1. The molecule has 1 amide bonds. The fraction of sp³-hybridized carbons (Fsp3) is 0.500. The normalized spacial score (nSPS) is 17.2. The first kappa shape index (κ1) is 12.4. The van der Waals surface area contributed by atoms with E-state index in [9.17, 15) is 4.79 Å². The molecule has 1 heterocycles. The molecular formula is C14H18ClNO. The lowest BCUT2D eigenvalue weighted by molar-refractivity contribution is 0.0726. The molecule has 0 aliphatic carbocycles. The summed E-state index contributed by atoms with van der Waals surface area (Å²) in [6, 6.07) is 6.01. The van der Waals surface area contributed by atoms with Crippen molar-refractivity contribution in [2.45, 2.75) is 32.1 Å². The molecular weight excluding hydrogens is 234 g/mol. The number of aryl methyl sites for hydroxylation is 2. The molecule has 1 fully saturated rings. The van der Waals surface area contributed by atoms with Crippen LogP contribution in [0.25, 0.3) is 0 Å². The van der Waals surface area contributed by atoms with E-state index in [4.69, 9.17) is 11.6 Å². The minimum absolute atomic E-state index is 0.139. The molecule has 2 nitrogen and oxygen atoms in total. The van der Waals surface area contributed by atoms with E-state index in [0.717, 1.165) is 42.6 Å². The highest BCUT2D eigenvalue weighted by Gasteiger charge is 2.22. The lowest BCUT2D eigenvalue weighted by atomic mass is 10.0. The molecule has 0 N–H and O–H groups in total. The van der Waals surface area contributed by atoms with Gasteiger partial charge in [-0.05, 0) is 38.8 Å². The number of hydrogen-bond donors (Lipinski definition) is 0. The average Bonchev–Trinajstić information content (AvgIpc) is 2.28. The molecule has 1 aromatic rings. The van der Waals surface area contributed by atoms with Crippen LogP contribution in [0.3, 0.4) is 0 Å². The monoisotopic (exact) mass is 251 g/mol. The number of carbonyl (C=O) groups is 1. The lowest BCUT2D eigenvalue weighted by Gasteiger charge is -2.29. The Morgan fingerprint density at radius 1 is 1.18 bits per heavy atom. The minimum atomic E-state index is 0.139. The van der Waals surface area contributed by atoms with E-state index < -0.39 is 0 Å². The summed E-state index contributed by atoms with van der Waals surface area (Å²) in [5.41, 5.74) is 3.08. The fourth-order valence-electron chi connectivity index (χ4n) is 2.33. The van der Waals surface area contributed by atoms with Gasteiger partial charge in [0, 0.05) is 24.0 Å². The van der Waals surface area contributed by atoms with Gasteiger partial charge in [-0.2, -0.15) is 0 Å². The first-order valence-corrected chi connectivity index (χ1v) is 6.51. The Morgan fingerprint density at radius 2 is 1.71 bits per heavy atom. The molecule has 0 bridgehead atoms. The molecule has 0 aromatic heterocycles. The van der Waals surface area contributed by atoms with E-state index in [2.05, 4.69) is 6.07 Å². The maximum Gasteiger partial charge on any atom is 0.253 e. The largest absolute Gasteiger partial charge is 0.339 e. The van der Waals surface area contributed by atoms with Gasteiger partial charge in [0.25, 0.3) is 5.91 Å². The van der Waals surface area contributed by atoms with Crippen molar-refractivity contribution in [3.05, 3.63) is 34.9 Å². The van der Waals surface area contributed by atoms with Gasteiger partial charge in [0.1, 0.15) is 0 Å². The number of hydrogen-bond acceptors (Lipinski definition) is 1. The highest BCUT2D eigenvalue weighted by molar-refractivity contribution is 6.20. The molecule has 1 aliphatic rings. The first-order valence-electron chi connectivity index (χ1n) is 6.08. The van der Waals surface area contributed by atoms with Gasteiger partial charge in [0.2, 0.25) is 0 Å². The van der Waals surface area contributed by atoms with Crippen LogP contribution in [0.15, 0.2) is 18.2 Å². The third kappa shape index (κ3) is 3.01. The van der Waals surface area contributed by atoms with Crippen molar-refractivity contribution >= 4 is 17.5 Å². The van der Waals surface area contributed by atoms with Crippen molar-refractivity contribution in [1.82, 2.24) is 4.90 Å². The van der Waals surface area contributed by atoms with Gasteiger partial charge >= 0.3 is 0 Å². The summed E-state index contributed by atoms with van der Waals surface area (Å²) in [4.78, 5) is 14.2. The Kier molecular flexibility index (Phi) is 3.72. The zero-order valence-corrected chi connectivity index (χ0v) is 11.1. The Hall–Kier alpha value is -1.02. The zero-order chi connectivity index (χ0) is 12.4. The summed E-state index contributed by atoms with van der Waals surface area (Å²) in [6.07, 6.45) is 1.80. The average molecular weight is 252 g/mol. The van der Waals surface area contributed by atoms with Crippen molar-refractivity contribution in [2.24, 2.45) is 0 Å². The van der Waals surface area contributed by atoms with E-state index in [0.29, 0.717) is 0 Å². The van der Waals surface area contributed by atoms with Gasteiger partial charge in [-0.15, -0.1) is 11.6 Å². The second-order valence-electron chi connectivity index (χ2n) is 4.84. The minimum Gasteiger partial charge on any atom is -0.339 e. The number of piperidine rings is 1. The molecule has 0 spiro atoms. The molecule has 0 saturated carbocycles. The predicted molar refractivity (Wildman–Crippen MR) is 70.7 cm³/mol. The molecule has 92 valence electrons. The number of likely N-dealkylation sites (tertiary alicyclic amines) is 1. The third-order valence-corrected chi connectivity index (χ3v) is 3.62. The Bertz CT molecular complexity index is 402. The summed E-state index contributed by atoms with van der Waals surface area (Å²) in [7, 11) is 0. The third-order valence-electron chi connectivity index (χ3n) is 3.18. The van der Waals surface area contributed by atoms with E-state index in [1.807, 2.05) is 30.9 Å². The summed E-state index contributed by atoms with van der Waals surface area (Å²) in [5.74, 6) is 0.139. The van der Waals surface area contributed by atoms with Crippen LogP contribution in [0.1, 0.15) is 34.3 Å². The van der Waals surface area contributed by atoms with Gasteiger partial charge in [0.15, 0.2) is 0 Å². The van der Waals surface area contributed by atoms with Crippen LogP contribution in [0.2, 0.25) is 0 Å². The van der Waals surface area contributed by atoms with Gasteiger partial charge in [-0.25, -0.2) is 0 Å². The standard InChI is InChI=1S/C14H18ClNO/c1-10-7-11(2)9-12(8-10)14(17)16-5-3-13(15)4-6-16/h7-9,13H,3-6H2,1-2H3. The lowest BCUT2D eigenvalue weighted by Crippen LogP contribution is -2.38. The molecule has 0 unspecified atom stereocenters. The first-order chi connectivity index (χ1) is 8.06. The molecule has 2 rings (SSSR count). The van der Waals surface area contributed by atoms with Crippen LogP contribution in [-0.2, 0) is 0 Å². The van der Waals surface area contributed by atoms with E-state index in [1.54, 1.807) is 0 Å². The number of amides is 1. The smallest absolute Gasteiger partial charge is 0.253 e. The van der Waals surface area contributed by atoms with Crippen molar-refractivity contribution in [2.75, 3.05) is 13.1 Å². The van der Waals surface area contributed by atoms with E-state index in [1.165, 1.54) is 0 Å². The highest BCUT2D eigenvalue weighted by atomic mass is 35.5. The summed E-state index contributed by atoms with van der Waals surface area (Å²) in [6.45, 7) is 5.60. The van der Waals surface area contributed by atoms with Gasteiger partial charge in [0.05, 0.1) is 0 Å². The predicted octanol–water partition coefficient (Wildman–Crippen LogP) is 3.15. The van der Waals surface area contributed by atoms with Crippen LogP contribution in [0, 0.1) is 13.8 Å². The van der Waals surface area contributed by atoms with E-state index in [-0.39, 0.29) is 11.3 Å². The fourth-order valence-corrected chi connectivity index (χ4v) is 2.53. The van der Waals surface area contributed by atoms with Crippen LogP contribution < -0.4 is 0 Å². The number of rotatable bonds is 1. The van der Waals surface area contributed by atoms with Crippen molar-refractivity contribution in [1.29, 1.82) is 0 Å². The van der Waals surface area contributed by atoms with Gasteiger partial charge < -0.3 is 4.90 Å². The summed E-state index contributed by atoms with van der Waals surface area (Å²) >= 11 is 6.05. The van der Waals surface area contributed by atoms with Crippen LogP contribution in [0.5, 0.6) is 0 Å². The van der Waals surface area contributed by atoms with Gasteiger partial charge in [-0.1, -0.05) is 17.2 Å². The molecule has 1 saturated heterocycles. The maximum absolute atomic E-state index is 12.3. The second kappa shape index (κ2) is 5.09. The molecule has 1 aromatic carbocycles. The van der Waals surface area contributed by atoms with Crippen LogP contribution >= 0.6 is 11.6 Å². The topological polar surface area (TPSA) is 20.3 Å². The molecule has 3 heteroatoms. The van der Waals surface area contributed by atoms with Crippen molar-refractivity contribution < 1.29 is 4.79 Å². The SMILES string of the molecule is Cc1cc(C)cc(C(=O)N2CCC(Cl)CC2)c1. The molecule has 0 atom stereocenters.